The molecule has 0 bridgehead atoms. The van der Waals surface area contributed by atoms with Crippen LogP contribution in [-0.4, -0.2) is 28.7 Å². The van der Waals surface area contributed by atoms with E-state index in [2.05, 4.69) is 305 Å². The van der Waals surface area contributed by atoms with E-state index < -0.39 is 21.4 Å². The Bertz CT molecular complexity index is 9520. The number of hydrogen-bond acceptors (Lipinski definition) is 6. The van der Waals surface area contributed by atoms with Gasteiger partial charge in [0.15, 0.2) is 21.4 Å². The van der Waals surface area contributed by atoms with E-state index in [0.717, 1.165) is 177 Å². The Kier molecular flexibility index (Phi) is 17.5. The topological polar surface area (TPSA) is 105 Å². The van der Waals surface area contributed by atoms with Crippen molar-refractivity contribution in [2.45, 2.75) is 12.3 Å². The zero-order valence-corrected chi connectivity index (χ0v) is 77.8. The second-order valence-corrected chi connectivity index (χ2v) is 45.4. The highest BCUT2D eigenvalue weighted by Crippen LogP contribution is 2.61. The van der Waals surface area contributed by atoms with Crippen molar-refractivity contribution in [2.24, 2.45) is 11.8 Å². The molecule has 6 atom stereocenters. The average Bonchev–Trinajstić information content (AvgIpc) is 1.64. The first kappa shape index (κ1) is 79.8. The van der Waals surface area contributed by atoms with Crippen molar-refractivity contribution < 1.29 is 13.7 Å². The fourth-order valence-electron chi connectivity index (χ4n) is 24.8. The minimum atomic E-state index is -3.39. The van der Waals surface area contributed by atoms with Gasteiger partial charge >= 0.3 is 0 Å². The van der Waals surface area contributed by atoms with E-state index in [1.807, 2.05) is 170 Å². The van der Waals surface area contributed by atoms with Gasteiger partial charge in [0, 0.05) is 66.3 Å². The lowest BCUT2D eigenvalue weighted by Gasteiger charge is -2.38. The van der Waals surface area contributed by atoms with Crippen molar-refractivity contribution in [3.8, 4) is 62.4 Å². The summed E-state index contributed by atoms with van der Waals surface area (Å²) in [6.45, 7) is 0. The fraction of sp³-hybridized carbons (Fsp3) is 0.0315. The number of fused-ring (bicyclic) bond motifs is 11. The van der Waals surface area contributed by atoms with E-state index in [-0.39, 0.29) is 11.8 Å². The summed E-state index contributed by atoms with van der Waals surface area (Å²) in [5, 5.41) is 17.6. The predicted molar refractivity (Wildman–Crippen MR) is 577 cm³/mol. The molecule has 0 saturated heterocycles. The highest BCUT2D eigenvalue weighted by Gasteiger charge is 2.49. The summed E-state index contributed by atoms with van der Waals surface area (Å²) in [7, 11) is -10.1. The highest BCUT2D eigenvalue weighted by atomic mass is 31.2. The SMILES string of the molecule is O=P1(c2ccccc2)c2c(-c3ccc4c5cccc6cccc(c7cccc3c74)c65)cccc2-n2c(-c3ccccc3)nc3cccc1c32.O=P1(c2ccccc2)c2c(C3=C4C=CC=C5C=CC6=C(C(=C3)CC=C6)C54)cccc2-n2c(-c3ccccc3)nc3cccc1c32.O=P1(c2ccccc2)c2c(C3=C4C=CC=C5c6ccccc6C(C=C3)C54)cccc2-n2c(-c3ccccc3)nc3cccc1c32. The molecule has 6 heterocycles. The summed E-state index contributed by atoms with van der Waals surface area (Å²) in [5.74, 6) is 3.30. The van der Waals surface area contributed by atoms with Gasteiger partial charge in [0.1, 0.15) is 17.5 Å². The Morgan fingerprint density at radius 3 is 1.27 bits per heavy atom. The second kappa shape index (κ2) is 30.5. The van der Waals surface area contributed by atoms with Crippen LogP contribution in [0.25, 0.3) is 155 Å². The molecule has 0 amide bonds. The average molecular weight is 1830 g/mol. The van der Waals surface area contributed by atoms with Gasteiger partial charge < -0.3 is 13.7 Å². The van der Waals surface area contributed by atoms with Crippen LogP contribution >= 0.6 is 21.4 Å². The molecule has 652 valence electrons. The normalized spacial score (nSPS) is 19.6. The zero-order valence-electron chi connectivity index (χ0n) is 75.1. The molecule has 3 aliphatic heterocycles. The van der Waals surface area contributed by atoms with Crippen molar-refractivity contribution >= 4 is 162 Å². The number of allylic oxidation sites excluding steroid dienone is 22. The monoisotopic (exact) mass is 1830 g/mol. The van der Waals surface area contributed by atoms with Crippen molar-refractivity contribution in [2.75, 3.05) is 0 Å². The number of hydrogen-bond donors (Lipinski definition) is 0. The number of benzene rings is 18. The van der Waals surface area contributed by atoms with Crippen LogP contribution in [0, 0.1) is 11.8 Å². The van der Waals surface area contributed by atoms with Gasteiger partial charge in [0.2, 0.25) is 0 Å². The van der Waals surface area contributed by atoms with E-state index in [9.17, 15) is 0 Å². The van der Waals surface area contributed by atoms with Crippen molar-refractivity contribution in [3.05, 3.63) is 517 Å². The number of nitrogens with zero attached hydrogens (tertiary/aromatic N) is 6. The van der Waals surface area contributed by atoms with Crippen LogP contribution in [0.4, 0.5) is 0 Å². The summed E-state index contributed by atoms with van der Waals surface area (Å²) in [4.78, 5) is 15.5. The Morgan fingerprint density at radius 2 is 0.741 bits per heavy atom. The lowest BCUT2D eigenvalue weighted by molar-refractivity contribution is 0.591. The molecule has 0 N–H and O–H groups in total. The first-order valence-corrected chi connectivity index (χ1v) is 52.8. The molecule has 6 unspecified atom stereocenters. The van der Waals surface area contributed by atoms with E-state index >= 15 is 13.7 Å². The molecule has 7 aliphatic carbocycles. The Hall–Kier alpha value is -16.5. The molecule has 18 aromatic carbocycles. The maximum Gasteiger partial charge on any atom is 0.175 e. The van der Waals surface area contributed by atoms with Gasteiger partial charge in [-0.25, -0.2) is 15.0 Å². The standard InChI is InChI=1S/C45H27N2OP.2C41H27N2OP/c48-49(30-16-5-2-6-17-30)40-25-11-23-38-43(40)47(45(46-38)29-12-3-1-4-13-29)39-24-10-22-37(44(39)49)31-26-27-36-34-19-8-15-28-14-7-18-33(41(28)34)35-21-9-20-32(31)42(35)36;44-45(30-16-5-2-6-17-30)36-22-10-20-34-39(36)43(41(42-34)28-11-3-1-4-12-28)35-21-9-19-32(40(35)45)33-25-29-15-7-13-26-23-24-27-14-8-18-31(33)38(27)37(26)29;44-45(27-14-5-2-6-15-27)37-23-11-21-35-39(37)43(41(42-35)26-12-3-1-4-13-26)36-22-10-20-34(40(36)45)30-24-25-33-29-17-8-7-16-28(29)31-18-9-19-32(30)38(31)33/h1-27H;1-14,16-25,38H,15H2;1-25,33,38H. The molecule has 12 heteroatoms. The fourth-order valence-corrected chi connectivity index (χ4v) is 34.4. The molecule has 3 aromatic heterocycles. The number of rotatable bonds is 9. The minimum absolute atomic E-state index is 0.178. The smallest absolute Gasteiger partial charge is 0.175 e. The van der Waals surface area contributed by atoms with Gasteiger partial charge in [0.05, 0.1) is 66.1 Å². The lowest BCUT2D eigenvalue weighted by atomic mass is 9.66. The first-order chi connectivity index (χ1) is 68.7. The third-order valence-electron chi connectivity index (χ3n) is 30.4. The molecule has 0 radical (unpaired) electrons. The number of para-hydroxylation sites is 3. The number of aromatic nitrogens is 6. The van der Waals surface area contributed by atoms with Gasteiger partial charge in [-0.15, -0.1) is 0 Å². The van der Waals surface area contributed by atoms with E-state index in [1.54, 1.807) is 0 Å². The van der Waals surface area contributed by atoms with Crippen LogP contribution in [0.1, 0.15) is 34.6 Å². The zero-order chi connectivity index (χ0) is 91.7. The Labute approximate surface area is 802 Å². The molecule has 21 aromatic rings. The van der Waals surface area contributed by atoms with Gasteiger partial charge in [-0.3, -0.25) is 13.7 Å². The lowest BCUT2D eigenvalue weighted by Crippen LogP contribution is -2.35. The van der Waals surface area contributed by atoms with Crippen molar-refractivity contribution in [1.82, 2.24) is 28.7 Å². The van der Waals surface area contributed by atoms with E-state index in [0.29, 0.717) is 5.92 Å². The van der Waals surface area contributed by atoms with Crippen LogP contribution in [0.15, 0.2) is 495 Å². The summed E-state index contributed by atoms with van der Waals surface area (Å²) >= 11 is 0. The maximum absolute atomic E-state index is 16.4. The molecular weight excluding hydrogens is 1750 g/mol. The maximum atomic E-state index is 16.4. The first-order valence-electron chi connectivity index (χ1n) is 47.7. The molecule has 31 rings (SSSR count). The van der Waals surface area contributed by atoms with Gasteiger partial charge in [0.25, 0.3) is 0 Å². The van der Waals surface area contributed by atoms with Crippen LogP contribution < -0.4 is 47.7 Å². The third-order valence-corrected chi connectivity index (χ3v) is 39.9. The number of imidazole rings is 3. The van der Waals surface area contributed by atoms with E-state index in [4.69, 9.17) is 15.0 Å². The van der Waals surface area contributed by atoms with Gasteiger partial charge in [-0.1, -0.05) is 407 Å². The quantitative estimate of drug-likeness (QED) is 0.0810. The van der Waals surface area contributed by atoms with Crippen LogP contribution in [-0.2, 0) is 13.7 Å². The molecule has 0 saturated carbocycles. The Balaban J connectivity index is 0.000000100. The molecule has 139 heavy (non-hydrogen) atoms. The van der Waals surface area contributed by atoms with E-state index in [1.165, 1.54) is 87.8 Å². The summed E-state index contributed by atoms with van der Waals surface area (Å²) in [6.07, 6.45) is 30.4. The molecule has 9 nitrogen and oxygen atoms in total. The molecule has 0 spiro atoms. The second-order valence-electron chi connectivity index (χ2n) is 37.4. The van der Waals surface area contributed by atoms with Crippen LogP contribution in [0.3, 0.4) is 0 Å². The largest absolute Gasteiger partial charge is 0.308 e. The van der Waals surface area contributed by atoms with Crippen molar-refractivity contribution in [1.29, 1.82) is 0 Å². The van der Waals surface area contributed by atoms with Gasteiger partial charge in [-0.05, 0) is 188 Å². The van der Waals surface area contributed by atoms with Gasteiger partial charge in [-0.2, -0.15) is 0 Å². The van der Waals surface area contributed by atoms with Crippen LogP contribution in [0.5, 0.6) is 0 Å². The summed E-state index contributed by atoms with van der Waals surface area (Å²) in [6, 6.07) is 132. The molecule has 10 aliphatic rings. The van der Waals surface area contributed by atoms with Crippen LogP contribution in [0.2, 0.25) is 0 Å². The third kappa shape index (κ3) is 11.3. The summed E-state index contributed by atoms with van der Waals surface area (Å²) < 4.78 is 55.7. The molecule has 0 fully saturated rings. The predicted octanol–water partition coefficient (Wildman–Crippen LogP) is 27.0. The Morgan fingerprint density at radius 1 is 0.317 bits per heavy atom. The van der Waals surface area contributed by atoms with Crippen molar-refractivity contribution in [3.63, 3.8) is 0 Å². The minimum Gasteiger partial charge on any atom is -0.308 e. The molecular formula is C127H81N6O3P3. The summed E-state index contributed by atoms with van der Waals surface area (Å²) in [5.41, 5.74) is 29.7. The highest BCUT2D eigenvalue weighted by molar-refractivity contribution is 7.87.